The van der Waals surface area contributed by atoms with E-state index in [1.54, 1.807) is 54.3 Å². The van der Waals surface area contributed by atoms with Gasteiger partial charge in [-0.1, -0.05) is 18.2 Å². The zero-order chi connectivity index (χ0) is 37.3. The molecule has 4 aliphatic rings. The van der Waals surface area contributed by atoms with Crippen LogP contribution in [0.15, 0.2) is 76.7 Å². The van der Waals surface area contributed by atoms with E-state index in [4.69, 9.17) is 28.7 Å². The first-order valence-corrected chi connectivity index (χ1v) is 18.1. The summed E-state index contributed by atoms with van der Waals surface area (Å²) in [6, 6.07) is 20.1. The van der Waals surface area contributed by atoms with Gasteiger partial charge >= 0.3 is 0 Å². The van der Waals surface area contributed by atoms with Crippen LogP contribution in [0.2, 0.25) is 0 Å². The number of nitrogens with zero attached hydrogens (tertiary/aromatic N) is 4. The van der Waals surface area contributed by atoms with Gasteiger partial charge in [-0.25, -0.2) is 0 Å². The van der Waals surface area contributed by atoms with Crippen molar-refractivity contribution in [1.82, 2.24) is 0 Å². The number of methoxy groups -OCH3 is 2. The maximum absolute atomic E-state index is 14.0. The summed E-state index contributed by atoms with van der Waals surface area (Å²) in [6.07, 6.45) is 6.61. The second-order valence-electron chi connectivity index (χ2n) is 13.6. The van der Waals surface area contributed by atoms with E-state index in [0.717, 1.165) is 22.5 Å². The second kappa shape index (κ2) is 14.7. The molecule has 4 aromatic carbocycles. The smallest absolute Gasteiger partial charge is 0.261 e. The van der Waals surface area contributed by atoms with E-state index in [2.05, 4.69) is 4.99 Å². The van der Waals surface area contributed by atoms with Gasteiger partial charge in [0.25, 0.3) is 11.8 Å². The predicted octanol–water partition coefficient (Wildman–Crippen LogP) is 6.87. The van der Waals surface area contributed by atoms with Gasteiger partial charge in [-0.05, 0) is 60.9 Å². The van der Waals surface area contributed by atoms with E-state index >= 15 is 0 Å². The zero-order valence-electron chi connectivity index (χ0n) is 30.4. The molecular weight excluding hydrogens is 688 g/mol. The number of carbonyl (C=O) groups excluding carboxylic acids is 3. The molecule has 0 fully saturated rings. The molecule has 0 aromatic heterocycles. The molecule has 0 unspecified atom stereocenters. The molecular formula is C42H40N4O8. The van der Waals surface area contributed by atoms with E-state index in [0.29, 0.717) is 103 Å². The maximum atomic E-state index is 14.0. The summed E-state index contributed by atoms with van der Waals surface area (Å²) in [5, 5.41) is 0. The number of Topliss-reactive ketones (excluding diaryl/α,β-unsaturated/α-hetero) is 1. The molecule has 4 aromatic rings. The number of ketones is 1. The highest BCUT2D eigenvalue weighted by molar-refractivity contribution is 6.16. The van der Waals surface area contributed by atoms with Crippen LogP contribution in [0.1, 0.15) is 58.0 Å². The SMILES string of the molecule is COc1cc2c(cc1OCCCOc1cc3c(cc1OC)C(=O)N1c4ccc(OCCCC(C)=O)cc4C[C@H]1C=N3)N=C[C@@H]1Cc3ccccc3N1C2=O. The van der Waals surface area contributed by atoms with E-state index < -0.39 is 0 Å². The Bertz CT molecular complexity index is 2210. The molecule has 8 rings (SSSR count). The molecule has 2 atom stereocenters. The fraction of sp³-hybridized carbons (Fsp3) is 0.310. The molecule has 0 bridgehead atoms. The standard InChI is InChI=1S/C42H40N4O8/c1-25(47)8-6-13-52-30-11-12-36-27(18-30)17-29-24-44-34-22-40(38(51-3)20-32(34)42(49)46(29)36)54-15-7-14-53-39-21-33-31(19-37(39)50-2)41(48)45-28(23-43-33)16-26-9-4-5-10-35(26)45/h4-5,9-12,18-24,28-29H,6-8,13-17H2,1-3H3/t28-,29-/m0/s1. The van der Waals surface area contributed by atoms with Gasteiger partial charge in [0.2, 0.25) is 0 Å². The number of benzene rings is 4. The van der Waals surface area contributed by atoms with Crippen LogP contribution in [0.4, 0.5) is 22.7 Å². The Hall–Kier alpha value is -6.17. The highest BCUT2D eigenvalue weighted by Crippen LogP contribution is 2.43. The summed E-state index contributed by atoms with van der Waals surface area (Å²) in [7, 11) is 3.08. The van der Waals surface area contributed by atoms with Crippen LogP contribution in [-0.2, 0) is 17.6 Å². The summed E-state index contributed by atoms with van der Waals surface area (Å²) in [5.74, 6) is 2.36. The molecule has 12 heteroatoms. The normalized spacial score (nSPS) is 17.4. The first-order valence-electron chi connectivity index (χ1n) is 18.1. The summed E-state index contributed by atoms with van der Waals surface area (Å²) in [5.41, 5.74) is 5.74. The number of hydrogen-bond acceptors (Lipinski definition) is 10. The minimum atomic E-state index is -0.247. The fourth-order valence-corrected chi connectivity index (χ4v) is 7.44. The molecule has 0 saturated heterocycles. The average molecular weight is 729 g/mol. The second-order valence-corrected chi connectivity index (χ2v) is 13.6. The summed E-state index contributed by atoms with van der Waals surface area (Å²) < 4.78 is 29.4. The van der Waals surface area contributed by atoms with E-state index in [1.807, 2.05) is 48.7 Å². The van der Waals surface area contributed by atoms with Gasteiger partial charge in [-0.15, -0.1) is 0 Å². The summed E-state index contributed by atoms with van der Waals surface area (Å²) in [6.45, 7) is 2.63. The van der Waals surface area contributed by atoms with Crippen molar-refractivity contribution >= 4 is 52.8 Å². The highest BCUT2D eigenvalue weighted by atomic mass is 16.5. The minimum absolute atomic E-state index is 0.125. The van der Waals surface area contributed by atoms with Crippen molar-refractivity contribution in [2.75, 3.05) is 43.8 Å². The van der Waals surface area contributed by atoms with Gasteiger partial charge < -0.3 is 28.5 Å². The Kier molecular flexibility index (Phi) is 9.49. The van der Waals surface area contributed by atoms with Gasteiger partial charge in [-0.3, -0.25) is 29.4 Å². The fourth-order valence-electron chi connectivity index (χ4n) is 7.44. The van der Waals surface area contributed by atoms with Crippen molar-refractivity contribution in [3.8, 4) is 28.7 Å². The third-order valence-corrected chi connectivity index (χ3v) is 10.1. The van der Waals surface area contributed by atoms with Gasteiger partial charge in [0.1, 0.15) is 11.5 Å². The molecule has 4 heterocycles. The largest absolute Gasteiger partial charge is 0.494 e. The number of hydrogen-bond donors (Lipinski definition) is 0. The third kappa shape index (κ3) is 6.52. The topological polar surface area (TPSA) is 129 Å². The molecule has 2 amide bonds. The number of ether oxygens (including phenoxy) is 5. The Morgan fingerprint density at radius 1 is 0.667 bits per heavy atom. The van der Waals surface area contributed by atoms with Crippen LogP contribution in [0.5, 0.6) is 28.7 Å². The van der Waals surface area contributed by atoms with Crippen molar-refractivity contribution in [3.05, 3.63) is 89.0 Å². The summed E-state index contributed by atoms with van der Waals surface area (Å²) >= 11 is 0. The highest BCUT2D eigenvalue weighted by Gasteiger charge is 2.38. The van der Waals surface area contributed by atoms with Gasteiger partial charge in [0, 0.05) is 61.6 Å². The molecule has 0 radical (unpaired) electrons. The monoisotopic (exact) mass is 728 g/mol. The van der Waals surface area contributed by atoms with Crippen molar-refractivity contribution in [2.45, 2.75) is 51.1 Å². The number of rotatable bonds is 13. The number of para-hydroxylation sites is 1. The van der Waals surface area contributed by atoms with Crippen LogP contribution in [-0.4, -0.2) is 76.2 Å². The quantitative estimate of drug-likeness (QED) is 0.137. The van der Waals surface area contributed by atoms with Crippen molar-refractivity contribution in [1.29, 1.82) is 0 Å². The van der Waals surface area contributed by atoms with Gasteiger partial charge in [0.05, 0.1) is 68.6 Å². The number of fused-ring (bicyclic) bond motifs is 8. The predicted molar refractivity (Wildman–Crippen MR) is 205 cm³/mol. The lowest BCUT2D eigenvalue weighted by atomic mass is 10.1. The molecule has 0 aliphatic carbocycles. The molecule has 0 saturated carbocycles. The van der Waals surface area contributed by atoms with Crippen LogP contribution in [0.3, 0.4) is 0 Å². The Labute approximate surface area is 313 Å². The Morgan fingerprint density at radius 3 is 1.81 bits per heavy atom. The van der Waals surface area contributed by atoms with Crippen LogP contribution in [0.25, 0.3) is 0 Å². The molecule has 0 spiro atoms. The lowest BCUT2D eigenvalue weighted by Crippen LogP contribution is -2.37. The van der Waals surface area contributed by atoms with Gasteiger partial charge in [0.15, 0.2) is 23.0 Å². The first-order chi connectivity index (χ1) is 26.3. The van der Waals surface area contributed by atoms with Gasteiger partial charge in [-0.2, -0.15) is 0 Å². The molecule has 0 N–H and O–H groups in total. The number of amides is 2. The van der Waals surface area contributed by atoms with E-state index in [9.17, 15) is 14.4 Å². The number of anilines is 2. The number of aliphatic imine (C=N–C) groups is 2. The van der Waals surface area contributed by atoms with E-state index in [1.165, 1.54) is 7.11 Å². The van der Waals surface area contributed by atoms with Crippen molar-refractivity contribution in [2.24, 2.45) is 9.98 Å². The Morgan fingerprint density at radius 2 is 1.22 bits per heavy atom. The third-order valence-electron chi connectivity index (χ3n) is 10.1. The number of carbonyl (C=O) groups is 3. The van der Waals surface area contributed by atoms with Crippen molar-refractivity contribution < 1.29 is 38.1 Å². The molecule has 4 aliphatic heterocycles. The molecule has 12 nitrogen and oxygen atoms in total. The minimum Gasteiger partial charge on any atom is -0.494 e. The van der Waals surface area contributed by atoms with E-state index in [-0.39, 0.29) is 29.7 Å². The van der Waals surface area contributed by atoms with Crippen molar-refractivity contribution in [3.63, 3.8) is 0 Å². The van der Waals surface area contributed by atoms with Crippen LogP contribution >= 0.6 is 0 Å². The zero-order valence-corrected chi connectivity index (χ0v) is 30.4. The van der Waals surface area contributed by atoms with Crippen LogP contribution < -0.4 is 33.5 Å². The maximum Gasteiger partial charge on any atom is 0.261 e. The summed E-state index contributed by atoms with van der Waals surface area (Å²) in [4.78, 5) is 51.9. The lowest BCUT2D eigenvalue weighted by molar-refractivity contribution is -0.117. The Balaban J connectivity index is 0.908. The molecule has 54 heavy (non-hydrogen) atoms. The van der Waals surface area contributed by atoms with Crippen LogP contribution in [0, 0.1) is 0 Å². The molecule has 276 valence electrons. The lowest BCUT2D eigenvalue weighted by Gasteiger charge is -2.22. The first kappa shape index (κ1) is 34.9. The average Bonchev–Trinajstić information content (AvgIpc) is 3.66.